The number of carboxylic acids is 1. The van der Waals surface area contributed by atoms with Crippen molar-refractivity contribution >= 4 is 11.5 Å². The number of benzene rings is 1. The fourth-order valence-electron chi connectivity index (χ4n) is 1.48. The lowest BCUT2D eigenvalue weighted by Gasteiger charge is -2.04. The molecule has 0 bridgehead atoms. The molecule has 2 rings (SSSR count). The molecule has 0 fully saturated rings. The van der Waals surface area contributed by atoms with Gasteiger partial charge in [0.05, 0.1) is 5.97 Å². The smallest absolute Gasteiger partial charge is 0.0718 e. The molecule has 2 heteroatoms. The largest absolute Gasteiger partial charge is 0.545 e. The number of hydrogen-bond donors (Lipinski definition) is 0. The van der Waals surface area contributed by atoms with Crippen LogP contribution in [0.15, 0.2) is 30.3 Å². The molecule has 1 aliphatic rings. The maximum atomic E-state index is 10.6. The summed E-state index contributed by atoms with van der Waals surface area (Å²) in [5.41, 5.74) is 2.19. The topological polar surface area (TPSA) is 40.1 Å². The van der Waals surface area contributed by atoms with Crippen molar-refractivity contribution < 1.29 is 9.90 Å². The number of fused-ring (bicyclic) bond motifs is 1. The second-order valence-electron chi connectivity index (χ2n) is 2.77. The molecule has 0 radical (unpaired) electrons. The summed E-state index contributed by atoms with van der Waals surface area (Å²) in [6, 6.07) is 7.48. The summed E-state index contributed by atoms with van der Waals surface area (Å²) in [6.07, 6.45) is 2.40. The van der Waals surface area contributed by atoms with Crippen molar-refractivity contribution in [2.75, 3.05) is 0 Å². The fraction of sp³-hybridized carbons (Fsp3) is 0.100. The van der Waals surface area contributed by atoms with E-state index in [-0.39, 0.29) is 0 Å². The SMILES string of the molecule is O=C([O-])C1=CCc2ccccc21. The Balaban J connectivity index is 2.52. The van der Waals surface area contributed by atoms with Crippen LogP contribution in [-0.2, 0) is 11.2 Å². The van der Waals surface area contributed by atoms with Gasteiger partial charge in [-0.2, -0.15) is 0 Å². The quantitative estimate of drug-likeness (QED) is 0.594. The van der Waals surface area contributed by atoms with Crippen LogP contribution < -0.4 is 5.11 Å². The van der Waals surface area contributed by atoms with Crippen LogP contribution in [0.4, 0.5) is 0 Å². The van der Waals surface area contributed by atoms with Gasteiger partial charge < -0.3 is 9.90 Å². The average molecular weight is 159 g/mol. The van der Waals surface area contributed by atoms with E-state index >= 15 is 0 Å². The molecule has 0 saturated heterocycles. The zero-order valence-corrected chi connectivity index (χ0v) is 6.41. The van der Waals surface area contributed by atoms with Crippen LogP contribution in [0.2, 0.25) is 0 Å². The molecule has 0 saturated carbocycles. The average Bonchev–Trinajstić information content (AvgIpc) is 2.47. The molecule has 1 aromatic rings. The fourth-order valence-corrected chi connectivity index (χ4v) is 1.48. The molecule has 0 N–H and O–H groups in total. The third-order valence-corrected chi connectivity index (χ3v) is 2.05. The van der Waals surface area contributed by atoms with Gasteiger partial charge in [-0.05, 0) is 17.5 Å². The Kier molecular flexibility index (Phi) is 1.47. The van der Waals surface area contributed by atoms with Crippen LogP contribution >= 0.6 is 0 Å². The Morgan fingerprint density at radius 3 is 2.83 bits per heavy atom. The Hall–Kier alpha value is -1.57. The monoisotopic (exact) mass is 159 g/mol. The van der Waals surface area contributed by atoms with Gasteiger partial charge in [0.15, 0.2) is 0 Å². The van der Waals surface area contributed by atoms with Crippen LogP contribution in [0.25, 0.3) is 5.57 Å². The summed E-state index contributed by atoms with van der Waals surface area (Å²) >= 11 is 0. The summed E-state index contributed by atoms with van der Waals surface area (Å²) in [5.74, 6) is -1.08. The second-order valence-corrected chi connectivity index (χ2v) is 2.77. The van der Waals surface area contributed by atoms with E-state index in [9.17, 15) is 9.90 Å². The van der Waals surface area contributed by atoms with Crippen LogP contribution in [-0.4, -0.2) is 5.97 Å². The first kappa shape index (κ1) is 7.10. The Labute approximate surface area is 70.2 Å². The number of hydrogen-bond acceptors (Lipinski definition) is 2. The van der Waals surface area contributed by atoms with E-state index in [4.69, 9.17) is 0 Å². The van der Waals surface area contributed by atoms with Crippen molar-refractivity contribution in [3.8, 4) is 0 Å². The molecule has 0 amide bonds. The number of rotatable bonds is 1. The lowest BCUT2D eigenvalue weighted by atomic mass is 10.1. The van der Waals surface area contributed by atoms with Crippen molar-refractivity contribution in [3.05, 3.63) is 41.5 Å². The highest BCUT2D eigenvalue weighted by molar-refractivity contribution is 6.15. The predicted octanol–water partition coefficient (Wildman–Crippen LogP) is 0.376. The van der Waals surface area contributed by atoms with Gasteiger partial charge in [-0.15, -0.1) is 0 Å². The second kappa shape index (κ2) is 2.48. The standard InChI is InChI=1S/C10H8O2/c11-10(12)9-6-5-7-3-1-2-4-8(7)9/h1-4,6H,5H2,(H,11,12)/p-1. The van der Waals surface area contributed by atoms with Crippen molar-refractivity contribution in [1.82, 2.24) is 0 Å². The summed E-state index contributed by atoms with van der Waals surface area (Å²) in [5, 5.41) is 10.6. The van der Waals surface area contributed by atoms with E-state index in [2.05, 4.69) is 0 Å². The third kappa shape index (κ3) is 0.925. The molecule has 60 valence electrons. The zero-order chi connectivity index (χ0) is 8.55. The van der Waals surface area contributed by atoms with Gasteiger partial charge in [-0.25, -0.2) is 0 Å². The Morgan fingerprint density at radius 1 is 1.33 bits per heavy atom. The summed E-state index contributed by atoms with van der Waals surface area (Å²) in [7, 11) is 0. The minimum absolute atomic E-state index is 0.325. The third-order valence-electron chi connectivity index (χ3n) is 2.05. The molecule has 0 atom stereocenters. The normalized spacial score (nSPS) is 13.8. The van der Waals surface area contributed by atoms with Crippen LogP contribution in [0.3, 0.4) is 0 Å². The Bertz CT molecular complexity index is 364. The molecular weight excluding hydrogens is 152 g/mol. The van der Waals surface area contributed by atoms with Gasteiger partial charge in [0.1, 0.15) is 0 Å². The van der Waals surface area contributed by atoms with Gasteiger partial charge in [-0.1, -0.05) is 30.3 Å². The van der Waals surface area contributed by atoms with Gasteiger partial charge in [0, 0.05) is 5.57 Å². The van der Waals surface area contributed by atoms with Crippen molar-refractivity contribution in [2.45, 2.75) is 6.42 Å². The first-order valence-electron chi connectivity index (χ1n) is 3.79. The van der Waals surface area contributed by atoms with E-state index < -0.39 is 5.97 Å². The predicted molar refractivity (Wildman–Crippen MR) is 43.1 cm³/mol. The van der Waals surface area contributed by atoms with Gasteiger partial charge >= 0.3 is 0 Å². The molecule has 0 spiro atoms. The lowest BCUT2D eigenvalue weighted by Crippen LogP contribution is -2.22. The maximum Gasteiger partial charge on any atom is 0.0718 e. The van der Waals surface area contributed by atoms with E-state index in [0.29, 0.717) is 12.0 Å². The number of carbonyl (C=O) groups excluding carboxylic acids is 1. The first-order chi connectivity index (χ1) is 5.79. The van der Waals surface area contributed by atoms with Crippen LogP contribution in [0.5, 0.6) is 0 Å². The highest BCUT2D eigenvalue weighted by atomic mass is 16.4. The van der Waals surface area contributed by atoms with Crippen molar-refractivity contribution in [1.29, 1.82) is 0 Å². The summed E-state index contributed by atoms with van der Waals surface area (Å²) < 4.78 is 0. The van der Waals surface area contributed by atoms with E-state index in [1.165, 1.54) is 0 Å². The number of carboxylic acid groups (broad SMARTS) is 1. The van der Waals surface area contributed by atoms with Gasteiger partial charge in [-0.3, -0.25) is 0 Å². The van der Waals surface area contributed by atoms with Gasteiger partial charge in [0.2, 0.25) is 0 Å². The molecule has 0 heterocycles. The van der Waals surface area contributed by atoms with Gasteiger partial charge in [0.25, 0.3) is 0 Å². The Morgan fingerprint density at radius 2 is 2.08 bits per heavy atom. The molecule has 0 aromatic heterocycles. The first-order valence-corrected chi connectivity index (χ1v) is 3.79. The van der Waals surface area contributed by atoms with Crippen molar-refractivity contribution in [3.63, 3.8) is 0 Å². The highest BCUT2D eigenvalue weighted by Gasteiger charge is 2.12. The lowest BCUT2D eigenvalue weighted by molar-refractivity contribution is -0.295. The van der Waals surface area contributed by atoms with E-state index in [1.807, 2.05) is 24.3 Å². The summed E-state index contributed by atoms with van der Waals surface area (Å²) in [6.45, 7) is 0. The van der Waals surface area contributed by atoms with Crippen LogP contribution in [0.1, 0.15) is 11.1 Å². The highest BCUT2D eigenvalue weighted by Crippen LogP contribution is 2.26. The van der Waals surface area contributed by atoms with Crippen molar-refractivity contribution in [2.24, 2.45) is 0 Å². The molecule has 1 aromatic carbocycles. The van der Waals surface area contributed by atoms with Crippen LogP contribution in [0, 0.1) is 0 Å². The van der Waals surface area contributed by atoms with E-state index in [1.54, 1.807) is 6.08 Å². The number of carbonyl (C=O) groups is 1. The minimum Gasteiger partial charge on any atom is -0.545 e. The summed E-state index contributed by atoms with van der Waals surface area (Å²) in [4.78, 5) is 10.6. The molecule has 12 heavy (non-hydrogen) atoms. The number of aliphatic carboxylic acids is 1. The minimum atomic E-state index is -1.08. The molecule has 1 aliphatic carbocycles. The zero-order valence-electron chi connectivity index (χ0n) is 6.41. The number of allylic oxidation sites excluding steroid dienone is 1. The molecule has 0 unspecified atom stereocenters. The molecular formula is C10H7O2-. The molecule has 0 aliphatic heterocycles. The maximum absolute atomic E-state index is 10.6. The van der Waals surface area contributed by atoms with E-state index in [0.717, 1.165) is 11.1 Å². The molecule has 2 nitrogen and oxygen atoms in total.